The largest absolute Gasteiger partial charge is 0.397 e. The lowest BCUT2D eigenvalue weighted by Gasteiger charge is -2.07. The molecule has 0 unspecified atom stereocenters. The van der Waals surface area contributed by atoms with Gasteiger partial charge >= 0.3 is 0 Å². The van der Waals surface area contributed by atoms with Gasteiger partial charge in [0.05, 0.1) is 23.2 Å². The second-order valence-corrected chi connectivity index (χ2v) is 5.81. The van der Waals surface area contributed by atoms with Crippen LogP contribution in [0.15, 0.2) is 12.3 Å². The van der Waals surface area contributed by atoms with Crippen molar-refractivity contribution in [3.63, 3.8) is 0 Å². The first-order valence-corrected chi connectivity index (χ1v) is 6.99. The number of hydrogen-bond donors (Lipinski definition) is 3. The first-order valence-electron chi connectivity index (χ1n) is 4.96. The van der Waals surface area contributed by atoms with Crippen LogP contribution in [0.5, 0.6) is 0 Å². The van der Waals surface area contributed by atoms with Crippen molar-refractivity contribution < 1.29 is 13.2 Å². The van der Waals surface area contributed by atoms with Crippen LogP contribution in [-0.4, -0.2) is 38.7 Å². The minimum absolute atomic E-state index is 0.0264. The Labute approximate surface area is 110 Å². The van der Waals surface area contributed by atoms with Crippen LogP contribution in [-0.2, 0) is 10.0 Å². The Hall–Kier alpha value is -1.38. The molecular formula is C9H13ClN4O3S. The van der Waals surface area contributed by atoms with Gasteiger partial charge in [-0.2, -0.15) is 0 Å². The van der Waals surface area contributed by atoms with Gasteiger partial charge in [-0.05, 0) is 13.1 Å². The molecule has 1 aromatic heterocycles. The Morgan fingerprint density at radius 1 is 1.56 bits per heavy atom. The molecule has 0 aliphatic carbocycles. The molecule has 0 bridgehead atoms. The Morgan fingerprint density at radius 2 is 2.22 bits per heavy atom. The summed E-state index contributed by atoms with van der Waals surface area (Å²) in [6.45, 7) is -0.0264. The summed E-state index contributed by atoms with van der Waals surface area (Å²) in [5, 5.41) is 2.57. The van der Waals surface area contributed by atoms with Crippen molar-refractivity contribution in [3.8, 4) is 0 Å². The van der Waals surface area contributed by atoms with Crippen LogP contribution >= 0.6 is 11.6 Å². The Morgan fingerprint density at radius 3 is 2.83 bits per heavy atom. The number of carbonyl (C=O) groups excluding carboxylic acids is 1. The molecule has 0 saturated carbocycles. The predicted molar refractivity (Wildman–Crippen MR) is 68.8 cm³/mol. The van der Waals surface area contributed by atoms with Crippen LogP contribution < -0.4 is 15.8 Å². The maximum absolute atomic E-state index is 11.7. The van der Waals surface area contributed by atoms with Crippen molar-refractivity contribution in [3.05, 3.63) is 23.0 Å². The van der Waals surface area contributed by atoms with Gasteiger partial charge in [-0.3, -0.25) is 4.79 Å². The lowest BCUT2D eigenvalue weighted by atomic mass is 10.2. The molecule has 0 spiro atoms. The molecule has 18 heavy (non-hydrogen) atoms. The highest BCUT2D eigenvalue weighted by atomic mass is 35.5. The number of carbonyl (C=O) groups is 1. The summed E-state index contributed by atoms with van der Waals surface area (Å²) in [7, 11) is -2.05. The Kier molecular flexibility index (Phi) is 4.88. The van der Waals surface area contributed by atoms with E-state index >= 15 is 0 Å². The van der Waals surface area contributed by atoms with E-state index in [9.17, 15) is 13.2 Å². The summed E-state index contributed by atoms with van der Waals surface area (Å²) in [5.41, 5.74) is 5.90. The molecule has 0 atom stereocenters. The number of aromatic nitrogens is 1. The fraction of sp³-hybridized carbons (Fsp3) is 0.333. The summed E-state index contributed by atoms with van der Waals surface area (Å²) >= 11 is 5.64. The summed E-state index contributed by atoms with van der Waals surface area (Å²) in [6, 6.07) is 1.32. The number of hydrogen-bond acceptors (Lipinski definition) is 5. The van der Waals surface area contributed by atoms with Crippen molar-refractivity contribution in [2.45, 2.75) is 0 Å². The molecule has 0 fully saturated rings. The number of nitrogens with two attached hydrogens (primary N) is 1. The van der Waals surface area contributed by atoms with E-state index in [0.29, 0.717) is 0 Å². The number of halogens is 1. The molecule has 0 aliphatic rings. The molecule has 4 N–H and O–H groups in total. The third-order valence-electron chi connectivity index (χ3n) is 2.11. The number of nitrogens with zero attached hydrogens (tertiary/aromatic N) is 1. The van der Waals surface area contributed by atoms with E-state index in [1.165, 1.54) is 19.3 Å². The lowest BCUT2D eigenvalue weighted by molar-refractivity contribution is 0.0957. The maximum Gasteiger partial charge on any atom is 0.253 e. The SMILES string of the molecule is CNS(=O)(=O)CCNC(=O)c1cc(Cl)ncc1N. The summed E-state index contributed by atoms with van der Waals surface area (Å²) in [4.78, 5) is 15.4. The number of nitrogen functional groups attached to an aromatic ring is 1. The van der Waals surface area contributed by atoms with Crippen molar-refractivity contribution in [2.24, 2.45) is 0 Å². The topological polar surface area (TPSA) is 114 Å². The summed E-state index contributed by atoms with van der Waals surface area (Å²) in [5.74, 6) is -0.711. The van der Waals surface area contributed by atoms with Gasteiger partial charge in [-0.1, -0.05) is 11.6 Å². The molecule has 100 valence electrons. The lowest BCUT2D eigenvalue weighted by Crippen LogP contribution is -2.33. The molecule has 0 saturated heterocycles. The molecule has 1 aromatic rings. The van der Waals surface area contributed by atoms with Gasteiger partial charge in [0.2, 0.25) is 10.0 Å². The third kappa shape index (κ3) is 4.13. The fourth-order valence-electron chi connectivity index (χ4n) is 1.13. The monoisotopic (exact) mass is 292 g/mol. The van der Waals surface area contributed by atoms with Gasteiger partial charge in [0.15, 0.2) is 0 Å². The third-order valence-corrected chi connectivity index (χ3v) is 3.68. The highest BCUT2D eigenvalue weighted by Gasteiger charge is 2.12. The average molecular weight is 293 g/mol. The Bertz CT molecular complexity index is 547. The quantitative estimate of drug-likeness (QED) is 0.639. The first-order chi connectivity index (χ1) is 8.35. The Balaban J connectivity index is 2.64. The highest BCUT2D eigenvalue weighted by molar-refractivity contribution is 7.89. The minimum Gasteiger partial charge on any atom is -0.397 e. The number of rotatable bonds is 5. The standard InChI is InChI=1S/C9H13ClN4O3S/c1-12-18(16,17)3-2-13-9(15)6-4-8(10)14-5-7(6)11/h4-5,12H,2-3,11H2,1H3,(H,13,15). The van der Waals surface area contributed by atoms with E-state index < -0.39 is 15.9 Å². The van der Waals surface area contributed by atoms with E-state index in [1.807, 2.05) is 0 Å². The average Bonchev–Trinajstić information content (AvgIpc) is 2.32. The van der Waals surface area contributed by atoms with Gasteiger partial charge in [-0.15, -0.1) is 0 Å². The van der Waals surface area contributed by atoms with E-state index in [4.69, 9.17) is 17.3 Å². The molecule has 1 heterocycles. The number of sulfonamides is 1. The smallest absolute Gasteiger partial charge is 0.253 e. The van der Waals surface area contributed by atoms with Crippen LogP contribution in [0.2, 0.25) is 5.15 Å². The highest BCUT2D eigenvalue weighted by Crippen LogP contribution is 2.14. The minimum atomic E-state index is -3.35. The van der Waals surface area contributed by atoms with E-state index in [-0.39, 0.29) is 28.7 Å². The van der Waals surface area contributed by atoms with Crippen molar-refractivity contribution >= 4 is 33.2 Å². The second kappa shape index (κ2) is 5.98. The molecule has 0 radical (unpaired) electrons. The zero-order chi connectivity index (χ0) is 13.8. The normalized spacial score (nSPS) is 11.2. The summed E-state index contributed by atoms with van der Waals surface area (Å²) < 4.78 is 24.4. The van der Waals surface area contributed by atoms with Crippen LogP contribution in [0.1, 0.15) is 10.4 Å². The molecule has 1 amide bonds. The number of anilines is 1. The van der Waals surface area contributed by atoms with E-state index in [0.717, 1.165) is 0 Å². The zero-order valence-electron chi connectivity index (χ0n) is 9.60. The van der Waals surface area contributed by atoms with Gasteiger partial charge in [0.1, 0.15) is 5.15 Å². The summed E-state index contributed by atoms with van der Waals surface area (Å²) in [6.07, 6.45) is 1.27. The first kappa shape index (κ1) is 14.7. The zero-order valence-corrected chi connectivity index (χ0v) is 11.2. The fourth-order valence-corrected chi connectivity index (χ4v) is 1.87. The predicted octanol–water partition coefficient (Wildman–Crippen LogP) is -0.404. The van der Waals surface area contributed by atoms with Crippen molar-refractivity contribution in [1.29, 1.82) is 0 Å². The van der Waals surface area contributed by atoms with Crippen molar-refractivity contribution in [1.82, 2.24) is 15.0 Å². The molecular weight excluding hydrogens is 280 g/mol. The molecule has 7 nitrogen and oxygen atoms in total. The van der Waals surface area contributed by atoms with Gasteiger partial charge in [-0.25, -0.2) is 18.1 Å². The number of nitrogens with one attached hydrogen (secondary N) is 2. The number of pyridine rings is 1. The van der Waals surface area contributed by atoms with E-state index in [1.54, 1.807) is 0 Å². The van der Waals surface area contributed by atoms with Gasteiger partial charge < -0.3 is 11.1 Å². The molecule has 1 rings (SSSR count). The molecule has 9 heteroatoms. The van der Waals surface area contributed by atoms with E-state index in [2.05, 4.69) is 15.0 Å². The van der Waals surface area contributed by atoms with Crippen LogP contribution in [0.3, 0.4) is 0 Å². The van der Waals surface area contributed by atoms with Gasteiger partial charge in [0.25, 0.3) is 5.91 Å². The number of amides is 1. The van der Waals surface area contributed by atoms with Crippen LogP contribution in [0, 0.1) is 0 Å². The second-order valence-electron chi connectivity index (χ2n) is 3.37. The van der Waals surface area contributed by atoms with Crippen LogP contribution in [0.4, 0.5) is 5.69 Å². The van der Waals surface area contributed by atoms with Crippen molar-refractivity contribution in [2.75, 3.05) is 25.1 Å². The maximum atomic E-state index is 11.7. The molecule has 0 aromatic carbocycles. The molecule has 0 aliphatic heterocycles. The van der Waals surface area contributed by atoms with Crippen LogP contribution in [0.25, 0.3) is 0 Å². The van der Waals surface area contributed by atoms with Gasteiger partial charge in [0, 0.05) is 6.54 Å².